The molecule has 1 fully saturated rings. The molecule has 0 aromatic heterocycles. The predicted molar refractivity (Wildman–Crippen MR) is 51.2 cm³/mol. The SMILES string of the molecule is CC1CC(N2CC=CC2)CCN1. The summed E-state index contributed by atoms with van der Waals surface area (Å²) in [6, 6.07) is 1.54. The van der Waals surface area contributed by atoms with Gasteiger partial charge in [-0.3, -0.25) is 4.90 Å². The second kappa shape index (κ2) is 3.58. The minimum atomic E-state index is 0.712. The third kappa shape index (κ3) is 1.70. The molecule has 2 rings (SSSR count). The summed E-state index contributed by atoms with van der Waals surface area (Å²) in [6.45, 7) is 5.84. The Morgan fingerprint density at radius 3 is 2.75 bits per heavy atom. The fourth-order valence-electron chi connectivity index (χ4n) is 2.23. The number of nitrogens with zero attached hydrogens (tertiary/aromatic N) is 1. The second-order valence-electron chi connectivity index (χ2n) is 3.96. The van der Waals surface area contributed by atoms with Crippen LogP contribution < -0.4 is 5.32 Å². The maximum absolute atomic E-state index is 3.49. The Hall–Kier alpha value is -0.340. The van der Waals surface area contributed by atoms with E-state index in [1.165, 1.54) is 32.5 Å². The van der Waals surface area contributed by atoms with Crippen molar-refractivity contribution in [1.29, 1.82) is 0 Å². The molecule has 2 aliphatic heterocycles. The average molecular weight is 166 g/mol. The molecule has 2 heteroatoms. The molecule has 2 unspecified atom stereocenters. The minimum Gasteiger partial charge on any atom is -0.314 e. The lowest BCUT2D eigenvalue weighted by Gasteiger charge is -2.34. The summed E-state index contributed by atoms with van der Waals surface area (Å²) in [7, 11) is 0. The van der Waals surface area contributed by atoms with Crippen molar-refractivity contribution in [3.05, 3.63) is 12.2 Å². The van der Waals surface area contributed by atoms with E-state index in [1.807, 2.05) is 0 Å². The van der Waals surface area contributed by atoms with Crippen molar-refractivity contribution in [2.24, 2.45) is 0 Å². The first-order chi connectivity index (χ1) is 5.86. The van der Waals surface area contributed by atoms with Gasteiger partial charge in [0, 0.05) is 25.2 Å². The Morgan fingerprint density at radius 2 is 2.08 bits per heavy atom. The van der Waals surface area contributed by atoms with E-state index in [9.17, 15) is 0 Å². The number of hydrogen-bond donors (Lipinski definition) is 1. The zero-order valence-electron chi connectivity index (χ0n) is 7.79. The van der Waals surface area contributed by atoms with Crippen LogP contribution in [0.4, 0.5) is 0 Å². The first-order valence-corrected chi connectivity index (χ1v) is 4.98. The smallest absolute Gasteiger partial charge is 0.0169 e. The van der Waals surface area contributed by atoms with Gasteiger partial charge in [-0.25, -0.2) is 0 Å². The Bertz CT molecular complexity index is 169. The van der Waals surface area contributed by atoms with Crippen molar-refractivity contribution < 1.29 is 0 Å². The first-order valence-electron chi connectivity index (χ1n) is 4.98. The minimum absolute atomic E-state index is 0.712. The van der Waals surface area contributed by atoms with E-state index >= 15 is 0 Å². The molecule has 1 N–H and O–H groups in total. The largest absolute Gasteiger partial charge is 0.314 e. The monoisotopic (exact) mass is 166 g/mol. The van der Waals surface area contributed by atoms with Crippen LogP contribution in [0.3, 0.4) is 0 Å². The predicted octanol–water partition coefficient (Wildman–Crippen LogP) is 0.999. The normalized spacial score (nSPS) is 37.4. The maximum atomic E-state index is 3.49. The van der Waals surface area contributed by atoms with Crippen LogP contribution in [0.1, 0.15) is 19.8 Å². The van der Waals surface area contributed by atoms with Crippen LogP contribution in [-0.2, 0) is 0 Å². The van der Waals surface area contributed by atoms with Gasteiger partial charge in [-0.2, -0.15) is 0 Å². The van der Waals surface area contributed by atoms with E-state index < -0.39 is 0 Å². The summed E-state index contributed by atoms with van der Waals surface area (Å²) in [5.74, 6) is 0. The van der Waals surface area contributed by atoms with Crippen molar-refractivity contribution in [2.75, 3.05) is 19.6 Å². The Morgan fingerprint density at radius 1 is 1.33 bits per heavy atom. The van der Waals surface area contributed by atoms with E-state index in [1.54, 1.807) is 0 Å². The van der Waals surface area contributed by atoms with Crippen LogP contribution in [0.5, 0.6) is 0 Å². The lowest BCUT2D eigenvalue weighted by molar-refractivity contribution is 0.185. The molecule has 2 nitrogen and oxygen atoms in total. The molecule has 0 aliphatic carbocycles. The van der Waals surface area contributed by atoms with Crippen molar-refractivity contribution in [3.8, 4) is 0 Å². The van der Waals surface area contributed by atoms with Gasteiger partial charge < -0.3 is 5.32 Å². The topological polar surface area (TPSA) is 15.3 Å². The highest BCUT2D eigenvalue weighted by atomic mass is 15.2. The molecule has 12 heavy (non-hydrogen) atoms. The Labute approximate surface area is 74.6 Å². The van der Waals surface area contributed by atoms with Gasteiger partial charge >= 0.3 is 0 Å². The lowest BCUT2D eigenvalue weighted by atomic mass is 9.99. The molecule has 0 amide bonds. The summed E-state index contributed by atoms with van der Waals surface area (Å²) < 4.78 is 0. The lowest BCUT2D eigenvalue weighted by Crippen LogP contribution is -2.45. The number of nitrogens with one attached hydrogen (secondary N) is 1. The third-order valence-electron chi connectivity index (χ3n) is 2.96. The molecule has 2 atom stereocenters. The molecule has 1 saturated heterocycles. The molecule has 0 bridgehead atoms. The van der Waals surface area contributed by atoms with Gasteiger partial charge in [-0.1, -0.05) is 12.2 Å². The van der Waals surface area contributed by atoms with E-state index in [0.717, 1.165) is 6.04 Å². The van der Waals surface area contributed by atoms with Crippen LogP contribution in [0.15, 0.2) is 12.2 Å². The van der Waals surface area contributed by atoms with Crippen molar-refractivity contribution in [3.63, 3.8) is 0 Å². The van der Waals surface area contributed by atoms with Crippen molar-refractivity contribution in [2.45, 2.75) is 31.8 Å². The Kier molecular flexibility index (Phi) is 2.47. The molecule has 0 spiro atoms. The molecular formula is C10H18N2. The highest BCUT2D eigenvalue weighted by molar-refractivity contribution is 4.98. The van der Waals surface area contributed by atoms with Crippen LogP contribution in [-0.4, -0.2) is 36.6 Å². The molecule has 0 saturated carbocycles. The first kappa shape index (κ1) is 8.27. The van der Waals surface area contributed by atoms with Gasteiger partial charge in [-0.15, -0.1) is 0 Å². The van der Waals surface area contributed by atoms with Gasteiger partial charge in [0.1, 0.15) is 0 Å². The number of rotatable bonds is 1. The fourth-order valence-corrected chi connectivity index (χ4v) is 2.23. The highest BCUT2D eigenvalue weighted by Gasteiger charge is 2.23. The van der Waals surface area contributed by atoms with Crippen molar-refractivity contribution >= 4 is 0 Å². The Balaban J connectivity index is 1.86. The third-order valence-corrected chi connectivity index (χ3v) is 2.96. The quantitative estimate of drug-likeness (QED) is 0.585. The van der Waals surface area contributed by atoms with Crippen molar-refractivity contribution in [1.82, 2.24) is 10.2 Å². The fraction of sp³-hybridized carbons (Fsp3) is 0.800. The standard InChI is InChI=1S/C10H18N2/c1-9-8-10(4-5-11-9)12-6-2-3-7-12/h2-3,9-11H,4-8H2,1H3. The molecular weight excluding hydrogens is 148 g/mol. The molecule has 2 aliphatic rings. The van der Waals surface area contributed by atoms with Gasteiger partial charge in [0.15, 0.2) is 0 Å². The van der Waals surface area contributed by atoms with E-state index in [2.05, 4.69) is 29.3 Å². The summed E-state index contributed by atoms with van der Waals surface area (Å²) in [6.07, 6.45) is 7.22. The summed E-state index contributed by atoms with van der Waals surface area (Å²) in [5, 5.41) is 3.49. The molecule has 0 aromatic rings. The van der Waals surface area contributed by atoms with Crippen LogP contribution in [0, 0.1) is 0 Å². The summed E-state index contributed by atoms with van der Waals surface area (Å²) in [4.78, 5) is 2.58. The van der Waals surface area contributed by atoms with Crippen LogP contribution in [0.25, 0.3) is 0 Å². The second-order valence-corrected chi connectivity index (χ2v) is 3.96. The molecule has 68 valence electrons. The molecule has 0 aromatic carbocycles. The van der Waals surface area contributed by atoms with E-state index in [0.29, 0.717) is 6.04 Å². The van der Waals surface area contributed by atoms with Crippen LogP contribution in [0.2, 0.25) is 0 Å². The molecule has 2 heterocycles. The van der Waals surface area contributed by atoms with E-state index in [-0.39, 0.29) is 0 Å². The zero-order valence-corrected chi connectivity index (χ0v) is 7.79. The highest BCUT2D eigenvalue weighted by Crippen LogP contribution is 2.17. The summed E-state index contributed by atoms with van der Waals surface area (Å²) in [5.41, 5.74) is 0. The maximum Gasteiger partial charge on any atom is 0.0169 e. The van der Waals surface area contributed by atoms with Gasteiger partial charge in [0.2, 0.25) is 0 Å². The van der Waals surface area contributed by atoms with Gasteiger partial charge in [0.05, 0.1) is 0 Å². The van der Waals surface area contributed by atoms with Crippen LogP contribution >= 0.6 is 0 Å². The molecule has 0 radical (unpaired) electrons. The number of hydrogen-bond acceptors (Lipinski definition) is 2. The van der Waals surface area contributed by atoms with Gasteiger partial charge in [-0.05, 0) is 26.3 Å². The number of piperidine rings is 1. The summed E-state index contributed by atoms with van der Waals surface area (Å²) >= 11 is 0. The van der Waals surface area contributed by atoms with Gasteiger partial charge in [0.25, 0.3) is 0 Å². The zero-order chi connectivity index (χ0) is 8.39. The van der Waals surface area contributed by atoms with E-state index in [4.69, 9.17) is 0 Å². The average Bonchev–Trinajstić information content (AvgIpc) is 2.56.